The fraction of sp³-hybridized carbons (Fsp3) is 0.444. The Morgan fingerprint density at radius 1 is 1.00 bits per heavy atom. The molecule has 3 rings (SSSR count). The van der Waals surface area contributed by atoms with Crippen LogP contribution in [0.4, 0.5) is 11.6 Å². The van der Waals surface area contributed by atoms with Crippen molar-refractivity contribution in [2.45, 2.75) is 44.1 Å². The summed E-state index contributed by atoms with van der Waals surface area (Å²) in [6, 6.07) is 9.74. The number of nitrogens with one attached hydrogen (secondary N) is 1. The van der Waals surface area contributed by atoms with E-state index in [9.17, 15) is 8.42 Å². The van der Waals surface area contributed by atoms with E-state index in [1.807, 2.05) is 13.8 Å². The van der Waals surface area contributed by atoms with Crippen molar-refractivity contribution in [2.75, 3.05) is 22.7 Å². The van der Waals surface area contributed by atoms with Crippen LogP contribution in [0.25, 0.3) is 0 Å². The molecule has 0 aliphatic carbocycles. The van der Waals surface area contributed by atoms with Crippen LogP contribution in [0.3, 0.4) is 0 Å². The molecule has 1 aliphatic heterocycles. The third-order valence-corrected chi connectivity index (χ3v) is 5.45. The number of hydrogen-bond acceptors (Lipinski definition) is 6. The van der Waals surface area contributed by atoms with Crippen molar-refractivity contribution in [1.29, 1.82) is 0 Å². The van der Waals surface area contributed by atoms with Crippen LogP contribution in [0, 0.1) is 0 Å². The molecule has 26 heavy (non-hydrogen) atoms. The lowest BCUT2D eigenvalue weighted by molar-refractivity contribution is 0.242. The fourth-order valence-corrected chi connectivity index (χ4v) is 3.83. The Labute approximate surface area is 154 Å². The summed E-state index contributed by atoms with van der Waals surface area (Å²) in [5, 5.41) is 8.17. The van der Waals surface area contributed by atoms with Gasteiger partial charge in [-0.3, -0.25) is 4.72 Å². The van der Waals surface area contributed by atoms with Crippen LogP contribution in [0.5, 0.6) is 5.75 Å². The third kappa shape index (κ3) is 4.63. The highest BCUT2D eigenvalue weighted by molar-refractivity contribution is 7.92. The molecule has 0 unspecified atom stereocenters. The SMILES string of the molecule is CC(C)Oc1ccc(S(=O)(=O)Nc2ccc(N3CCCCC3)nn2)cc1. The van der Waals surface area contributed by atoms with Crippen molar-refractivity contribution in [1.82, 2.24) is 10.2 Å². The van der Waals surface area contributed by atoms with Crippen LogP contribution >= 0.6 is 0 Å². The molecule has 0 atom stereocenters. The molecule has 140 valence electrons. The molecule has 1 aromatic heterocycles. The second kappa shape index (κ2) is 7.90. The number of anilines is 2. The summed E-state index contributed by atoms with van der Waals surface area (Å²) in [5.74, 6) is 1.61. The van der Waals surface area contributed by atoms with Gasteiger partial charge in [-0.05, 0) is 69.5 Å². The molecule has 1 N–H and O–H groups in total. The molecule has 8 heteroatoms. The summed E-state index contributed by atoms with van der Waals surface area (Å²) >= 11 is 0. The molecule has 1 saturated heterocycles. The smallest absolute Gasteiger partial charge is 0.263 e. The standard InChI is InChI=1S/C18H24N4O3S/c1-14(2)25-15-6-8-16(9-7-15)26(23,24)21-17-10-11-18(20-19-17)22-12-4-3-5-13-22/h6-11,14H,3-5,12-13H2,1-2H3,(H,19,21). The van der Waals surface area contributed by atoms with E-state index < -0.39 is 10.0 Å². The fourth-order valence-electron chi connectivity index (χ4n) is 2.84. The summed E-state index contributed by atoms with van der Waals surface area (Å²) in [6.45, 7) is 5.76. The molecule has 1 fully saturated rings. The van der Waals surface area contributed by atoms with Gasteiger partial charge in [-0.1, -0.05) is 0 Å². The first-order valence-corrected chi connectivity index (χ1v) is 10.3. The molecule has 2 heterocycles. The van der Waals surface area contributed by atoms with Crippen LogP contribution in [0.1, 0.15) is 33.1 Å². The maximum Gasteiger partial charge on any atom is 0.263 e. The van der Waals surface area contributed by atoms with Crippen molar-refractivity contribution in [3.63, 3.8) is 0 Å². The zero-order valence-electron chi connectivity index (χ0n) is 15.1. The lowest BCUT2D eigenvalue weighted by Gasteiger charge is -2.27. The van der Waals surface area contributed by atoms with Crippen molar-refractivity contribution < 1.29 is 13.2 Å². The Kier molecular flexibility index (Phi) is 5.61. The average molecular weight is 376 g/mol. The quantitative estimate of drug-likeness (QED) is 0.834. The highest BCUT2D eigenvalue weighted by Crippen LogP contribution is 2.21. The van der Waals surface area contributed by atoms with Crippen LogP contribution in [-0.2, 0) is 10.0 Å². The van der Waals surface area contributed by atoms with Crippen molar-refractivity contribution >= 4 is 21.7 Å². The van der Waals surface area contributed by atoms with E-state index in [0.717, 1.165) is 31.7 Å². The summed E-state index contributed by atoms with van der Waals surface area (Å²) < 4.78 is 33.0. The number of rotatable bonds is 6. The van der Waals surface area contributed by atoms with E-state index in [1.165, 1.54) is 18.6 Å². The van der Waals surface area contributed by atoms with Crippen molar-refractivity contribution in [2.24, 2.45) is 0 Å². The first-order valence-electron chi connectivity index (χ1n) is 8.82. The molecule has 2 aromatic rings. The molecule has 0 saturated carbocycles. The molecular weight excluding hydrogens is 352 g/mol. The van der Waals surface area contributed by atoms with Crippen LogP contribution < -0.4 is 14.4 Å². The Morgan fingerprint density at radius 2 is 1.69 bits per heavy atom. The van der Waals surface area contributed by atoms with Crippen LogP contribution in [0.15, 0.2) is 41.3 Å². The summed E-state index contributed by atoms with van der Waals surface area (Å²) in [5.41, 5.74) is 0. The van der Waals surface area contributed by atoms with E-state index >= 15 is 0 Å². The Balaban J connectivity index is 1.68. The third-order valence-electron chi connectivity index (χ3n) is 4.08. The lowest BCUT2D eigenvalue weighted by Crippen LogP contribution is -2.30. The van der Waals surface area contributed by atoms with E-state index in [4.69, 9.17) is 4.74 Å². The Bertz CT molecular complexity index is 815. The summed E-state index contributed by atoms with van der Waals surface area (Å²) in [7, 11) is -3.72. The molecule has 1 aromatic carbocycles. The van der Waals surface area contributed by atoms with Gasteiger partial charge in [-0.25, -0.2) is 8.42 Å². The van der Waals surface area contributed by atoms with Gasteiger partial charge < -0.3 is 9.64 Å². The van der Waals surface area contributed by atoms with Gasteiger partial charge in [0.25, 0.3) is 10.0 Å². The number of sulfonamides is 1. The Hall–Kier alpha value is -2.35. The number of aromatic nitrogens is 2. The second-order valence-electron chi connectivity index (χ2n) is 6.57. The number of nitrogens with zero attached hydrogens (tertiary/aromatic N) is 3. The van der Waals surface area contributed by atoms with Crippen LogP contribution in [0.2, 0.25) is 0 Å². The lowest BCUT2D eigenvalue weighted by atomic mass is 10.1. The van der Waals surface area contributed by atoms with Gasteiger partial charge in [0, 0.05) is 13.1 Å². The zero-order valence-corrected chi connectivity index (χ0v) is 15.9. The molecule has 0 bridgehead atoms. The molecule has 0 amide bonds. The predicted octanol–water partition coefficient (Wildman–Crippen LogP) is 3.05. The van der Waals surface area contributed by atoms with Gasteiger partial charge in [-0.2, -0.15) is 0 Å². The molecular formula is C18H24N4O3S. The number of piperidine rings is 1. The molecule has 0 spiro atoms. The normalized spacial score (nSPS) is 15.1. The van der Waals surface area contributed by atoms with Gasteiger partial charge in [0.05, 0.1) is 11.0 Å². The highest BCUT2D eigenvalue weighted by Gasteiger charge is 2.17. The maximum absolute atomic E-state index is 12.5. The Morgan fingerprint density at radius 3 is 2.27 bits per heavy atom. The predicted molar refractivity (Wildman–Crippen MR) is 101 cm³/mol. The summed E-state index contributed by atoms with van der Waals surface area (Å²) in [6.07, 6.45) is 3.56. The maximum atomic E-state index is 12.5. The zero-order chi connectivity index (χ0) is 18.6. The van der Waals surface area contributed by atoms with Gasteiger partial charge in [0.1, 0.15) is 5.75 Å². The van der Waals surface area contributed by atoms with E-state index in [1.54, 1.807) is 24.3 Å². The number of hydrogen-bond donors (Lipinski definition) is 1. The average Bonchev–Trinajstić information content (AvgIpc) is 2.63. The molecule has 0 radical (unpaired) electrons. The van der Waals surface area contributed by atoms with Gasteiger partial charge >= 0.3 is 0 Å². The highest BCUT2D eigenvalue weighted by atomic mass is 32.2. The topological polar surface area (TPSA) is 84.4 Å². The second-order valence-corrected chi connectivity index (χ2v) is 8.25. The van der Waals surface area contributed by atoms with Crippen molar-refractivity contribution in [3.05, 3.63) is 36.4 Å². The minimum atomic E-state index is -3.72. The monoisotopic (exact) mass is 376 g/mol. The van der Waals surface area contributed by atoms with E-state index in [2.05, 4.69) is 19.8 Å². The number of ether oxygens (including phenoxy) is 1. The van der Waals surface area contributed by atoms with Crippen LogP contribution in [-0.4, -0.2) is 37.8 Å². The molecule has 1 aliphatic rings. The first-order chi connectivity index (χ1) is 12.4. The molecule has 7 nitrogen and oxygen atoms in total. The minimum absolute atomic E-state index is 0.0317. The largest absolute Gasteiger partial charge is 0.491 e. The van der Waals surface area contributed by atoms with Crippen molar-refractivity contribution in [3.8, 4) is 5.75 Å². The van der Waals surface area contributed by atoms with E-state index in [0.29, 0.717) is 5.75 Å². The van der Waals surface area contributed by atoms with E-state index in [-0.39, 0.29) is 16.8 Å². The minimum Gasteiger partial charge on any atom is -0.491 e. The summed E-state index contributed by atoms with van der Waals surface area (Å²) in [4.78, 5) is 2.32. The van der Waals surface area contributed by atoms with Gasteiger partial charge in [-0.15, -0.1) is 10.2 Å². The van der Waals surface area contributed by atoms with Gasteiger partial charge in [0.15, 0.2) is 11.6 Å². The number of benzene rings is 1. The van der Waals surface area contributed by atoms with Gasteiger partial charge in [0.2, 0.25) is 0 Å². The first kappa shape index (κ1) is 18.4.